The molecule has 1 aliphatic carbocycles. The molecule has 0 radical (unpaired) electrons. The number of amides is 1. The third kappa shape index (κ3) is 4.74. The first kappa shape index (κ1) is 21.9. The average molecular weight is 443 g/mol. The van der Waals surface area contributed by atoms with Gasteiger partial charge in [0.05, 0.1) is 0 Å². The van der Waals surface area contributed by atoms with Gasteiger partial charge in [-0.2, -0.15) is 5.10 Å². The number of hydrogen-bond donors (Lipinski definition) is 1. The Morgan fingerprint density at radius 3 is 2.27 bits per heavy atom. The third-order valence-electron chi connectivity index (χ3n) is 7.32. The molecule has 1 amide bonds. The summed E-state index contributed by atoms with van der Waals surface area (Å²) < 4.78 is 1.94. The Hall–Kier alpha value is -2.92. The molecule has 1 fully saturated rings. The highest BCUT2D eigenvalue weighted by atomic mass is 16.2. The number of nitrogens with one attached hydrogen (secondary N) is 1. The molecule has 1 atom stereocenters. The normalized spacial score (nSPS) is 18.4. The van der Waals surface area contributed by atoms with Gasteiger partial charge < -0.3 is 10.2 Å². The van der Waals surface area contributed by atoms with Gasteiger partial charge in [-0.05, 0) is 49.7 Å². The van der Waals surface area contributed by atoms with Crippen molar-refractivity contribution in [2.24, 2.45) is 7.05 Å². The van der Waals surface area contributed by atoms with Crippen LogP contribution in [0.5, 0.6) is 0 Å². The van der Waals surface area contributed by atoms with Crippen LogP contribution in [0.25, 0.3) is 0 Å². The highest BCUT2D eigenvalue weighted by Crippen LogP contribution is 2.28. The second kappa shape index (κ2) is 9.92. The molecule has 5 rings (SSSR count). The minimum absolute atomic E-state index is 0.124. The first-order valence-electron chi connectivity index (χ1n) is 12.4. The number of fused-ring (bicyclic) bond motifs is 1. The molecule has 2 heterocycles. The van der Waals surface area contributed by atoms with Gasteiger partial charge >= 0.3 is 0 Å². The van der Waals surface area contributed by atoms with Gasteiger partial charge in [0.2, 0.25) is 0 Å². The van der Waals surface area contributed by atoms with Crippen LogP contribution in [0, 0.1) is 0 Å². The Kier molecular flexibility index (Phi) is 6.58. The van der Waals surface area contributed by atoms with Crippen molar-refractivity contribution in [1.82, 2.24) is 20.0 Å². The number of nitrogens with zero attached hydrogens (tertiary/aromatic N) is 3. The highest BCUT2D eigenvalue weighted by molar-refractivity contribution is 5.94. The lowest BCUT2D eigenvalue weighted by Gasteiger charge is -2.29. The quantitative estimate of drug-likeness (QED) is 0.618. The molecule has 2 aromatic carbocycles. The summed E-state index contributed by atoms with van der Waals surface area (Å²) in [6, 6.07) is 21.8. The summed E-state index contributed by atoms with van der Waals surface area (Å²) in [5.74, 6) is 0.427. The van der Waals surface area contributed by atoms with E-state index in [9.17, 15) is 4.79 Å². The lowest BCUT2D eigenvalue weighted by Crippen LogP contribution is -2.39. The van der Waals surface area contributed by atoms with E-state index in [0.717, 1.165) is 57.3 Å². The summed E-state index contributed by atoms with van der Waals surface area (Å²) >= 11 is 0. The molecule has 1 N–H and O–H groups in total. The molecule has 172 valence electrons. The van der Waals surface area contributed by atoms with E-state index < -0.39 is 0 Å². The number of aryl methyl sites for hydroxylation is 1. The first-order chi connectivity index (χ1) is 16.2. The summed E-state index contributed by atoms with van der Waals surface area (Å²) in [7, 11) is 1.99. The summed E-state index contributed by atoms with van der Waals surface area (Å²) in [5, 5.41) is 8.54. The SMILES string of the molecule is Cn1nc(C(=O)N2CCCCC2)c2c1CCC(NCC(c1ccccc1)c1ccccc1)C2. The Bertz CT molecular complexity index is 1030. The summed E-state index contributed by atoms with van der Waals surface area (Å²) in [5.41, 5.74) is 5.73. The molecule has 33 heavy (non-hydrogen) atoms. The summed E-state index contributed by atoms with van der Waals surface area (Å²) in [4.78, 5) is 15.3. The van der Waals surface area contributed by atoms with Crippen LogP contribution >= 0.6 is 0 Å². The molecule has 1 aromatic heterocycles. The van der Waals surface area contributed by atoms with Gasteiger partial charge in [0.1, 0.15) is 0 Å². The van der Waals surface area contributed by atoms with Crippen molar-refractivity contribution in [3.63, 3.8) is 0 Å². The van der Waals surface area contributed by atoms with Crippen molar-refractivity contribution < 1.29 is 4.79 Å². The molecule has 2 aliphatic rings. The molecule has 3 aromatic rings. The maximum absolute atomic E-state index is 13.3. The van der Waals surface area contributed by atoms with Gasteiger partial charge in [-0.1, -0.05) is 60.7 Å². The van der Waals surface area contributed by atoms with Crippen LogP contribution in [0.3, 0.4) is 0 Å². The van der Waals surface area contributed by atoms with Crippen LogP contribution in [0.4, 0.5) is 0 Å². The molecule has 0 spiro atoms. The predicted octanol–water partition coefficient (Wildman–Crippen LogP) is 4.33. The van der Waals surface area contributed by atoms with E-state index in [-0.39, 0.29) is 5.91 Å². The van der Waals surface area contributed by atoms with Crippen molar-refractivity contribution >= 4 is 5.91 Å². The number of likely N-dealkylation sites (tertiary alicyclic amines) is 1. The van der Waals surface area contributed by atoms with E-state index in [4.69, 9.17) is 0 Å². The van der Waals surface area contributed by atoms with Gasteiger partial charge in [0.25, 0.3) is 5.91 Å². The molecule has 1 aliphatic heterocycles. The first-order valence-corrected chi connectivity index (χ1v) is 12.4. The summed E-state index contributed by atoms with van der Waals surface area (Å²) in [6.07, 6.45) is 6.33. The van der Waals surface area contributed by atoms with Crippen LogP contribution in [-0.4, -0.2) is 46.3 Å². The van der Waals surface area contributed by atoms with Crippen molar-refractivity contribution in [1.29, 1.82) is 0 Å². The molecule has 5 nitrogen and oxygen atoms in total. The Morgan fingerprint density at radius 1 is 1.00 bits per heavy atom. The van der Waals surface area contributed by atoms with E-state index in [1.54, 1.807) is 0 Å². The molecular weight excluding hydrogens is 408 g/mol. The van der Waals surface area contributed by atoms with E-state index in [1.165, 1.54) is 23.2 Å². The van der Waals surface area contributed by atoms with Gasteiger partial charge in [0, 0.05) is 49.9 Å². The Balaban J connectivity index is 1.32. The fourth-order valence-corrected chi connectivity index (χ4v) is 5.47. The molecule has 1 unspecified atom stereocenters. The summed E-state index contributed by atoms with van der Waals surface area (Å²) in [6.45, 7) is 2.60. The van der Waals surface area contributed by atoms with Crippen molar-refractivity contribution in [3.8, 4) is 0 Å². The van der Waals surface area contributed by atoms with Gasteiger partial charge in [0.15, 0.2) is 5.69 Å². The lowest BCUT2D eigenvalue weighted by molar-refractivity contribution is 0.0716. The number of carbonyl (C=O) groups excluding carboxylic acids is 1. The van der Waals surface area contributed by atoms with Crippen molar-refractivity contribution in [2.75, 3.05) is 19.6 Å². The zero-order valence-corrected chi connectivity index (χ0v) is 19.5. The number of rotatable bonds is 6. The second-order valence-electron chi connectivity index (χ2n) is 9.47. The highest BCUT2D eigenvalue weighted by Gasteiger charge is 2.31. The van der Waals surface area contributed by atoms with Gasteiger partial charge in [-0.15, -0.1) is 0 Å². The van der Waals surface area contributed by atoms with Crippen molar-refractivity contribution in [2.45, 2.75) is 50.5 Å². The number of carbonyl (C=O) groups is 1. The zero-order valence-electron chi connectivity index (χ0n) is 19.5. The monoisotopic (exact) mass is 442 g/mol. The maximum Gasteiger partial charge on any atom is 0.274 e. The van der Waals surface area contributed by atoms with Crippen LogP contribution < -0.4 is 5.32 Å². The standard InChI is InChI=1S/C28H34N4O/c1-31-26-16-15-23(19-24(26)27(30-31)28(33)32-17-9-4-10-18-32)29-20-25(21-11-5-2-6-12-21)22-13-7-3-8-14-22/h2-3,5-8,11-14,23,25,29H,4,9-10,15-20H2,1H3. The van der Waals surface area contributed by atoms with Crippen LogP contribution in [0.15, 0.2) is 60.7 Å². The van der Waals surface area contributed by atoms with Crippen LogP contribution in [0.1, 0.15) is 64.5 Å². The number of benzene rings is 2. The molecular formula is C28H34N4O. The Labute approximate surface area is 196 Å². The van der Waals surface area contributed by atoms with E-state index in [0.29, 0.717) is 17.7 Å². The fourth-order valence-electron chi connectivity index (χ4n) is 5.47. The fraction of sp³-hybridized carbons (Fsp3) is 0.429. The largest absolute Gasteiger partial charge is 0.337 e. The third-order valence-corrected chi connectivity index (χ3v) is 7.32. The van der Waals surface area contributed by atoms with Crippen LogP contribution in [0.2, 0.25) is 0 Å². The minimum Gasteiger partial charge on any atom is -0.337 e. The van der Waals surface area contributed by atoms with Crippen molar-refractivity contribution in [3.05, 3.63) is 88.7 Å². The number of hydrogen-bond acceptors (Lipinski definition) is 3. The average Bonchev–Trinajstić information content (AvgIpc) is 3.21. The topological polar surface area (TPSA) is 50.2 Å². The molecule has 5 heteroatoms. The van der Waals surface area contributed by atoms with E-state index in [2.05, 4.69) is 71.1 Å². The number of aromatic nitrogens is 2. The maximum atomic E-state index is 13.3. The Morgan fingerprint density at radius 2 is 1.64 bits per heavy atom. The van der Waals surface area contributed by atoms with E-state index >= 15 is 0 Å². The second-order valence-corrected chi connectivity index (χ2v) is 9.47. The number of piperidine rings is 1. The predicted molar refractivity (Wildman–Crippen MR) is 132 cm³/mol. The molecule has 0 saturated carbocycles. The van der Waals surface area contributed by atoms with E-state index in [1.807, 2.05) is 16.6 Å². The lowest BCUT2D eigenvalue weighted by atomic mass is 9.88. The van der Waals surface area contributed by atoms with Gasteiger partial charge in [-0.25, -0.2) is 0 Å². The smallest absolute Gasteiger partial charge is 0.274 e. The zero-order chi connectivity index (χ0) is 22.6. The minimum atomic E-state index is 0.124. The molecule has 0 bridgehead atoms. The van der Waals surface area contributed by atoms with Crippen LogP contribution in [-0.2, 0) is 19.9 Å². The molecule has 1 saturated heterocycles. The van der Waals surface area contributed by atoms with Gasteiger partial charge in [-0.3, -0.25) is 9.48 Å².